The molecule has 1 fully saturated rings. The topological polar surface area (TPSA) is 94.7 Å². The van der Waals surface area contributed by atoms with Crippen LogP contribution in [0.5, 0.6) is 0 Å². The quantitative estimate of drug-likeness (QED) is 0.535. The van der Waals surface area contributed by atoms with Gasteiger partial charge in [-0.25, -0.2) is 9.97 Å². The van der Waals surface area contributed by atoms with Crippen LogP contribution in [-0.2, 0) is 11.2 Å². The number of aromatic nitrogens is 4. The molecular formula is C23H23N5O2. The predicted octanol–water partition coefficient (Wildman–Crippen LogP) is 3.49. The highest BCUT2D eigenvalue weighted by molar-refractivity contribution is 5.78. The molecule has 7 nitrogen and oxygen atoms in total. The predicted molar refractivity (Wildman–Crippen MR) is 115 cm³/mol. The number of aromatic amines is 2. The summed E-state index contributed by atoms with van der Waals surface area (Å²) in [5.41, 5.74) is 2.48. The second kappa shape index (κ2) is 7.74. The van der Waals surface area contributed by atoms with Gasteiger partial charge in [0.2, 0.25) is 5.91 Å². The van der Waals surface area contributed by atoms with Crippen molar-refractivity contribution in [3.8, 4) is 0 Å². The maximum absolute atomic E-state index is 12.9. The average Bonchev–Trinajstić information content (AvgIpc) is 3.40. The molecule has 1 amide bonds. The number of amides is 1. The third kappa shape index (κ3) is 3.47. The van der Waals surface area contributed by atoms with Crippen molar-refractivity contribution >= 4 is 27.8 Å². The van der Waals surface area contributed by atoms with Crippen molar-refractivity contribution in [2.45, 2.75) is 38.1 Å². The van der Waals surface area contributed by atoms with Crippen LogP contribution in [0.1, 0.15) is 43.4 Å². The molecule has 30 heavy (non-hydrogen) atoms. The summed E-state index contributed by atoms with van der Waals surface area (Å²) in [7, 11) is 0. The third-order valence-corrected chi connectivity index (χ3v) is 5.76. The molecule has 0 spiro atoms. The molecule has 3 heterocycles. The second-order valence-corrected chi connectivity index (χ2v) is 7.77. The molecule has 4 aromatic rings. The SMILES string of the molecule is O=C(CCCc1nc2ccccc2c(=O)[nH]1)N1CCCC1c1nc2ccccc2[nH]1. The molecule has 2 aromatic heterocycles. The lowest BCUT2D eigenvalue weighted by Gasteiger charge is -2.23. The van der Waals surface area contributed by atoms with Gasteiger partial charge >= 0.3 is 0 Å². The molecule has 2 aromatic carbocycles. The number of H-pyrrole nitrogens is 2. The van der Waals surface area contributed by atoms with Gasteiger partial charge < -0.3 is 14.9 Å². The van der Waals surface area contributed by atoms with Crippen molar-refractivity contribution in [1.82, 2.24) is 24.8 Å². The van der Waals surface area contributed by atoms with Gasteiger partial charge in [-0.2, -0.15) is 0 Å². The van der Waals surface area contributed by atoms with E-state index in [-0.39, 0.29) is 17.5 Å². The highest BCUT2D eigenvalue weighted by Gasteiger charge is 2.31. The number of carbonyl (C=O) groups excluding carboxylic acids is 1. The van der Waals surface area contributed by atoms with Crippen molar-refractivity contribution in [2.75, 3.05) is 6.54 Å². The Labute approximate surface area is 173 Å². The van der Waals surface area contributed by atoms with Gasteiger partial charge in [0.05, 0.1) is 28.0 Å². The summed E-state index contributed by atoms with van der Waals surface area (Å²) < 4.78 is 0. The molecular weight excluding hydrogens is 378 g/mol. The highest BCUT2D eigenvalue weighted by atomic mass is 16.2. The van der Waals surface area contributed by atoms with E-state index in [1.165, 1.54) is 0 Å². The summed E-state index contributed by atoms with van der Waals surface area (Å²) in [4.78, 5) is 42.5. The fourth-order valence-electron chi connectivity index (χ4n) is 4.28. The number of hydrogen-bond donors (Lipinski definition) is 2. The number of benzene rings is 2. The van der Waals surface area contributed by atoms with Gasteiger partial charge in [-0.15, -0.1) is 0 Å². The van der Waals surface area contributed by atoms with E-state index in [2.05, 4.69) is 15.0 Å². The van der Waals surface area contributed by atoms with Gasteiger partial charge in [-0.1, -0.05) is 24.3 Å². The van der Waals surface area contributed by atoms with Crippen LogP contribution in [0.15, 0.2) is 53.3 Å². The summed E-state index contributed by atoms with van der Waals surface area (Å²) in [6.45, 7) is 0.756. The molecule has 7 heteroatoms. The Morgan fingerprint density at radius 1 is 1.03 bits per heavy atom. The molecule has 1 aliphatic rings. The molecule has 0 saturated carbocycles. The van der Waals surface area contributed by atoms with Crippen molar-refractivity contribution in [3.63, 3.8) is 0 Å². The monoisotopic (exact) mass is 401 g/mol. The number of imidazole rings is 1. The summed E-state index contributed by atoms with van der Waals surface area (Å²) in [5, 5.41) is 0.586. The number of likely N-dealkylation sites (tertiary alicyclic amines) is 1. The smallest absolute Gasteiger partial charge is 0.258 e. The number of nitrogens with zero attached hydrogens (tertiary/aromatic N) is 3. The summed E-state index contributed by atoms with van der Waals surface area (Å²) >= 11 is 0. The molecule has 1 aliphatic heterocycles. The minimum Gasteiger partial charge on any atom is -0.340 e. The van der Waals surface area contributed by atoms with E-state index in [1.807, 2.05) is 47.4 Å². The van der Waals surface area contributed by atoms with Crippen LogP contribution < -0.4 is 5.56 Å². The average molecular weight is 401 g/mol. The van der Waals surface area contributed by atoms with Crippen molar-refractivity contribution in [2.24, 2.45) is 0 Å². The van der Waals surface area contributed by atoms with Gasteiger partial charge in [0.15, 0.2) is 0 Å². The Morgan fingerprint density at radius 3 is 2.70 bits per heavy atom. The summed E-state index contributed by atoms with van der Waals surface area (Å²) in [5.74, 6) is 1.62. The lowest BCUT2D eigenvalue weighted by atomic mass is 10.1. The van der Waals surface area contributed by atoms with Crippen LogP contribution in [0.2, 0.25) is 0 Å². The molecule has 1 saturated heterocycles. The Kier molecular flexibility index (Phi) is 4.78. The van der Waals surface area contributed by atoms with Gasteiger partial charge in [0.1, 0.15) is 11.6 Å². The molecule has 1 unspecified atom stereocenters. The Balaban J connectivity index is 1.25. The van der Waals surface area contributed by atoms with Gasteiger partial charge in [0, 0.05) is 19.4 Å². The zero-order valence-electron chi connectivity index (χ0n) is 16.6. The van der Waals surface area contributed by atoms with E-state index in [0.717, 1.165) is 36.2 Å². The number of para-hydroxylation sites is 3. The second-order valence-electron chi connectivity index (χ2n) is 7.77. The van der Waals surface area contributed by atoms with Crippen molar-refractivity contribution in [1.29, 1.82) is 0 Å². The Morgan fingerprint density at radius 2 is 1.83 bits per heavy atom. The summed E-state index contributed by atoms with van der Waals surface area (Å²) in [6.07, 6.45) is 3.53. The van der Waals surface area contributed by atoms with E-state index in [0.29, 0.717) is 36.0 Å². The molecule has 0 aliphatic carbocycles. The number of rotatable bonds is 5. The number of fused-ring (bicyclic) bond motifs is 2. The lowest BCUT2D eigenvalue weighted by molar-refractivity contribution is -0.132. The third-order valence-electron chi connectivity index (χ3n) is 5.76. The van der Waals surface area contributed by atoms with Crippen LogP contribution >= 0.6 is 0 Å². The number of carbonyl (C=O) groups is 1. The molecule has 0 radical (unpaired) electrons. The standard InChI is InChI=1S/C23H23N5O2/c29-21(13-5-12-20-24-16-8-2-1-7-15(16)23(30)27-20)28-14-6-11-19(28)22-25-17-9-3-4-10-18(17)26-22/h1-4,7-10,19H,5-6,11-14H2,(H,25,26)(H,24,27,30). The van der Waals surface area contributed by atoms with Crippen LogP contribution in [0.3, 0.4) is 0 Å². The first-order valence-electron chi connectivity index (χ1n) is 10.4. The van der Waals surface area contributed by atoms with E-state index in [1.54, 1.807) is 6.07 Å². The zero-order valence-corrected chi connectivity index (χ0v) is 16.6. The Bertz CT molecular complexity index is 1240. The van der Waals surface area contributed by atoms with Gasteiger partial charge in [0.25, 0.3) is 5.56 Å². The van der Waals surface area contributed by atoms with Crippen LogP contribution in [-0.4, -0.2) is 37.3 Å². The highest BCUT2D eigenvalue weighted by Crippen LogP contribution is 2.32. The number of hydrogen-bond acceptors (Lipinski definition) is 4. The maximum atomic E-state index is 12.9. The van der Waals surface area contributed by atoms with E-state index in [4.69, 9.17) is 4.98 Å². The van der Waals surface area contributed by atoms with Crippen molar-refractivity contribution in [3.05, 3.63) is 70.5 Å². The van der Waals surface area contributed by atoms with Gasteiger partial charge in [-0.3, -0.25) is 9.59 Å². The molecule has 0 bridgehead atoms. The molecule has 1 atom stereocenters. The minimum absolute atomic E-state index is 0.00324. The van der Waals surface area contributed by atoms with Crippen LogP contribution in [0, 0.1) is 0 Å². The first kappa shape index (κ1) is 18.5. The molecule has 5 rings (SSSR count). The zero-order chi connectivity index (χ0) is 20.5. The first-order valence-corrected chi connectivity index (χ1v) is 10.4. The fourth-order valence-corrected chi connectivity index (χ4v) is 4.28. The summed E-state index contributed by atoms with van der Waals surface area (Å²) in [6, 6.07) is 15.2. The Hall–Kier alpha value is -3.48. The maximum Gasteiger partial charge on any atom is 0.258 e. The van der Waals surface area contributed by atoms with Gasteiger partial charge in [-0.05, 0) is 43.5 Å². The number of nitrogens with one attached hydrogen (secondary N) is 2. The fraction of sp³-hybridized carbons (Fsp3) is 0.304. The van der Waals surface area contributed by atoms with E-state index in [9.17, 15) is 9.59 Å². The van der Waals surface area contributed by atoms with E-state index < -0.39 is 0 Å². The lowest BCUT2D eigenvalue weighted by Crippen LogP contribution is -2.31. The van der Waals surface area contributed by atoms with E-state index >= 15 is 0 Å². The van der Waals surface area contributed by atoms with Crippen LogP contribution in [0.25, 0.3) is 21.9 Å². The van der Waals surface area contributed by atoms with Crippen LogP contribution in [0.4, 0.5) is 0 Å². The molecule has 2 N–H and O–H groups in total. The number of aryl methyl sites for hydroxylation is 1. The van der Waals surface area contributed by atoms with Crippen molar-refractivity contribution < 1.29 is 4.79 Å². The normalized spacial score (nSPS) is 16.5. The molecule has 152 valence electrons. The minimum atomic E-state index is -0.133. The first-order chi connectivity index (χ1) is 14.7. The largest absolute Gasteiger partial charge is 0.340 e.